The van der Waals surface area contributed by atoms with E-state index in [0.29, 0.717) is 63.0 Å². The molecule has 1 saturated heterocycles. The third-order valence-corrected chi connectivity index (χ3v) is 6.51. The summed E-state index contributed by atoms with van der Waals surface area (Å²) < 4.78 is 10.5. The molecule has 0 aliphatic carbocycles. The fraction of sp³-hybridized carbons (Fsp3) is 0.444. The number of aromatic nitrogens is 2. The number of nitrogens with zero attached hydrogens (tertiary/aromatic N) is 4. The number of urea groups is 1. The maximum atomic E-state index is 12.2. The third-order valence-electron chi connectivity index (χ3n) is 6.51. The van der Waals surface area contributed by atoms with Gasteiger partial charge in [0.2, 0.25) is 0 Å². The van der Waals surface area contributed by atoms with Crippen molar-refractivity contribution in [2.24, 2.45) is 0 Å². The van der Waals surface area contributed by atoms with E-state index in [1.54, 1.807) is 25.1 Å². The molecular formula is C27H34N6O6. The summed E-state index contributed by atoms with van der Waals surface area (Å²) in [5.74, 6) is 0.743. The monoisotopic (exact) mass is 538 g/mol. The molecular weight excluding hydrogens is 504 g/mol. The molecule has 4 rings (SSSR count). The lowest BCUT2D eigenvalue weighted by Gasteiger charge is -2.37. The summed E-state index contributed by atoms with van der Waals surface area (Å²) in [6.07, 6.45) is 2.63. The van der Waals surface area contributed by atoms with E-state index >= 15 is 0 Å². The number of benzene rings is 1. The molecule has 39 heavy (non-hydrogen) atoms. The lowest BCUT2D eigenvalue weighted by atomic mass is 9.95. The second kappa shape index (κ2) is 13.1. The van der Waals surface area contributed by atoms with Gasteiger partial charge in [-0.15, -0.1) is 0 Å². The van der Waals surface area contributed by atoms with Crippen LogP contribution in [0.3, 0.4) is 0 Å². The van der Waals surface area contributed by atoms with E-state index in [0.717, 1.165) is 16.9 Å². The number of carbonyl (C=O) groups excluding carboxylic acids is 2. The van der Waals surface area contributed by atoms with Crippen molar-refractivity contribution in [2.75, 3.05) is 56.2 Å². The molecule has 2 aliphatic rings. The molecule has 1 atom stereocenters. The van der Waals surface area contributed by atoms with Crippen LogP contribution in [0.2, 0.25) is 0 Å². The van der Waals surface area contributed by atoms with Crippen LogP contribution in [-0.2, 0) is 20.7 Å². The maximum Gasteiger partial charge on any atom is 0.407 e. The Balaban J connectivity index is 1.74. The van der Waals surface area contributed by atoms with Crippen LogP contribution in [0.5, 0.6) is 0 Å². The Labute approximate surface area is 227 Å². The van der Waals surface area contributed by atoms with Gasteiger partial charge in [-0.2, -0.15) is 0 Å². The topological polar surface area (TPSA) is 146 Å². The zero-order valence-electron chi connectivity index (χ0n) is 22.2. The smallest absolute Gasteiger partial charge is 0.407 e. The number of fused-ring (bicyclic) bond motifs is 1. The van der Waals surface area contributed by atoms with Crippen molar-refractivity contribution in [2.45, 2.75) is 32.7 Å². The normalized spacial score (nSPS) is 17.0. The second-order valence-electron chi connectivity index (χ2n) is 9.03. The summed E-state index contributed by atoms with van der Waals surface area (Å²) >= 11 is 0. The first-order valence-corrected chi connectivity index (χ1v) is 13.1. The van der Waals surface area contributed by atoms with Gasteiger partial charge in [-0.3, -0.25) is 4.90 Å². The maximum absolute atomic E-state index is 12.2. The van der Waals surface area contributed by atoms with Gasteiger partial charge in [-0.1, -0.05) is 6.08 Å². The molecule has 0 saturated carbocycles. The Bertz CT molecular complexity index is 1210. The van der Waals surface area contributed by atoms with Crippen molar-refractivity contribution in [1.82, 2.24) is 20.2 Å². The van der Waals surface area contributed by atoms with Crippen LogP contribution in [0.25, 0.3) is 11.4 Å². The highest BCUT2D eigenvalue weighted by molar-refractivity contribution is 5.89. The Morgan fingerprint density at radius 3 is 2.54 bits per heavy atom. The molecule has 12 nitrogen and oxygen atoms in total. The van der Waals surface area contributed by atoms with Crippen molar-refractivity contribution < 1.29 is 29.0 Å². The number of amides is 3. The first kappa shape index (κ1) is 27.8. The molecule has 0 spiro atoms. The minimum Gasteiger partial charge on any atom is -0.465 e. The van der Waals surface area contributed by atoms with E-state index < -0.39 is 18.1 Å². The molecule has 3 heterocycles. The van der Waals surface area contributed by atoms with Crippen LogP contribution in [0, 0.1) is 0 Å². The van der Waals surface area contributed by atoms with E-state index in [1.165, 1.54) is 11.0 Å². The van der Waals surface area contributed by atoms with Crippen molar-refractivity contribution in [3.8, 4) is 11.4 Å². The van der Waals surface area contributed by atoms with E-state index in [2.05, 4.69) is 15.5 Å². The third kappa shape index (κ3) is 6.82. The molecule has 3 amide bonds. The number of nitrogens with one attached hydrogen (secondary N) is 2. The van der Waals surface area contributed by atoms with Crippen molar-refractivity contribution in [3.63, 3.8) is 0 Å². The lowest BCUT2D eigenvalue weighted by molar-refractivity contribution is -0.137. The Kier molecular flexibility index (Phi) is 9.31. The van der Waals surface area contributed by atoms with Gasteiger partial charge in [0, 0.05) is 49.1 Å². The standard InChI is InChI=1S/C27H34N6O6/c1-3-28-26(35)29-19-10-8-18(9-11-19)24-30-23-20(25(31-24)32-14-16-38-17-15-32)12-13-33(27(36)37)21(23)6-5-7-22(34)39-4-2/h5,7-11,21H,3-4,6,12-17H2,1-2H3,(H,36,37)(H2,28,29,35)/b7-5+. The van der Waals surface area contributed by atoms with Crippen molar-refractivity contribution in [1.29, 1.82) is 0 Å². The number of rotatable bonds is 8. The SMILES string of the molecule is CCNC(=O)Nc1ccc(-c2nc3c(c(N4CCOCC4)n2)CCN(C(=O)O)C3C/C=C/C(=O)OCC)cc1. The van der Waals surface area contributed by atoms with Crippen LogP contribution >= 0.6 is 0 Å². The molecule has 1 unspecified atom stereocenters. The average Bonchev–Trinajstić information content (AvgIpc) is 2.93. The van der Waals surface area contributed by atoms with E-state index in [9.17, 15) is 19.5 Å². The first-order chi connectivity index (χ1) is 18.9. The highest BCUT2D eigenvalue weighted by Crippen LogP contribution is 2.37. The van der Waals surface area contributed by atoms with Crippen LogP contribution in [-0.4, -0.2) is 84.1 Å². The van der Waals surface area contributed by atoms with Crippen LogP contribution in [0.15, 0.2) is 36.4 Å². The molecule has 1 aromatic carbocycles. The number of carboxylic acid groups (broad SMARTS) is 1. The number of morpholine rings is 1. The van der Waals surface area contributed by atoms with Gasteiger partial charge in [-0.25, -0.2) is 24.4 Å². The minimum absolute atomic E-state index is 0.256. The fourth-order valence-corrected chi connectivity index (χ4v) is 4.70. The summed E-state index contributed by atoms with van der Waals surface area (Å²) in [6, 6.07) is 6.28. The Morgan fingerprint density at radius 1 is 1.13 bits per heavy atom. The first-order valence-electron chi connectivity index (χ1n) is 13.1. The van der Waals surface area contributed by atoms with Crippen molar-refractivity contribution in [3.05, 3.63) is 47.7 Å². The average molecular weight is 539 g/mol. The van der Waals surface area contributed by atoms with E-state index in [1.807, 2.05) is 19.1 Å². The predicted octanol–water partition coefficient (Wildman–Crippen LogP) is 3.21. The van der Waals surface area contributed by atoms with Gasteiger partial charge < -0.3 is 30.1 Å². The number of hydrogen-bond acceptors (Lipinski definition) is 8. The van der Waals surface area contributed by atoms with Gasteiger partial charge >= 0.3 is 18.1 Å². The molecule has 1 fully saturated rings. The highest BCUT2D eigenvalue weighted by Gasteiger charge is 2.35. The minimum atomic E-state index is -1.05. The largest absolute Gasteiger partial charge is 0.465 e. The van der Waals surface area contributed by atoms with Gasteiger partial charge in [0.05, 0.1) is 31.6 Å². The van der Waals surface area contributed by atoms with Gasteiger partial charge in [-0.05, 0) is 51.0 Å². The summed E-state index contributed by atoms with van der Waals surface area (Å²) in [6.45, 7) is 7.09. The van der Waals surface area contributed by atoms with Crippen molar-refractivity contribution >= 4 is 29.6 Å². The zero-order chi connectivity index (χ0) is 27.8. The molecule has 12 heteroatoms. The van der Waals surface area contributed by atoms with Gasteiger partial charge in [0.25, 0.3) is 0 Å². The molecule has 208 valence electrons. The fourth-order valence-electron chi connectivity index (χ4n) is 4.70. The molecule has 0 radical (unpaired) electrons. The number of ether oxygens (including phenoxy) is 2. The number of carbonyl (C=O) groups is 3. The lowest BCUT2D eigenvalue weighted by Crippen LogP contribution is -2.42. The Morgan fingerprint density at radius 2 is 1.87 bits per heavy atom. The quantitative estimate of drug-likeness (QED) is 0.341. The molecule has 3 N–H and O–H groups in total. The summed E-state index contributed by atoms with van der Waals surface area (Å²) in [4.78, 5) is 49.3. The number of hydrogen-bond donors (Lipinski definition) is 3. The molecule has 0 bridgehead atoms. The summed E-state index contributed by atoms with van der Waals surface area (Å²) in [5.41, 5.74) is 2.87. The molecule has 2 aromatic rings. The van der Waals surface area contributed by atoms with Crippen LogP contribution < -0.4 is 15.5 Å². The van der Waals surface area contributed by atoms with Crippen LogP contribution in [0.4, 0.5) is 21.1 Å². The Hall–Kier alpha value is -4.19. The second-order valence-corrected chi connectivity index (χ2v) is 9.03. The van der Waals surface area contributed by atoms with Gasteiger partial charge in [0.1, 0.15) is 5.82 Å². The zero-order valence-corrected chi connectivity index (χ0v) is 22.2. The predicted molar refractivity (Wildman–Crippen MR) is 145 cm³/mol. The van der Waals surface area contributed by atoms with Crippen LogP contribution in [0.1, 0.15) is 37.6 Å². The molecule has 2 aliphatic heterocycles. The number of anilines is 2. The van der Waals surface area contributed by atoms with Gasteiger partial charge in [0.15, 0.2) is 5.82 Å². The van der Waals surface area contributed by atoms with E-state index in [4.69, 9.17) is 19.4 Å². The molecule has 1 aromatic heterocycles. The summed E-state index contributed by atoms with van der Waals surface area (Å²) in [5, 5.41) is 15.4. The van der Waals surface area contributed by atoms with E-state index in [-0.39, 0.29) is 19.1 Å². The summed E-state index contributed by atoms with van der Waals surface area (Å²) in [7, 11) is 0. The number of esters is 1. The highest BCUT2D eigenvalue weighted by atomic mass is 16.5.